The molecular formula is C7H9N2. The van der Waals surface area contributed by atoms with Crippen molar-refractivity contribution in [2.24, 2.45) is 0 Å². The fourth-order valence-electron chi connectivity index (χ4n) is 0.642. The number of para-hydroxylation sites is 1. The Labute approximate surface area is 54.9 Å². The van der Waals surface area contributed by atoms with Crippen LogP contribution in [0.4, 0.5) is 5.69 Å². The number of anilines is 1. The molecule has 0 spiro atoms. The highest BCUT2D eigenvalue weighted by molar-refractivity contribution is 5.40. The average molecular weight is 121 g/mol. The van der Waals surface area contributed by atoms with Crippen LogP contribution in [-0.4, -0.2) is 7.05 Å². The average Bonchev–Trinajstić information content (AvgIpc) is 1.91. The van der Waals surface area contributed by atoms with E-state index in [-0.39, 0.29) is 0 Å². The standard InChI is InChI=1S/C7H9N2/c1-8-9-7-5-3-2-4-6-7/h2-6,9H,1H3. The Kier molecular flexibility index (Phi) is 2.10. The van der Waals surface area contributed by atoms with Gasteiger partial charge in [-0.05, 0) is 12.1 Å². The second-order valence-corrected chi connectivity index (χ2v) is 1.70. The first-order valence-electron chi connectivity index (χ1n) is 2.83. The van der Waals surface area contributed by atoms with E-state index in [0.717, 1.165) is 5.69 Å². The molecule has 0 amide bonds. The summed E-state index contributed by atoms with van der Waals surface area (Å²) in [7, 11) is 1.72. The van der Waals surface area contributed by atoms with Crippen LogP contribution in [0, 0.1) is 0 Å². The topological polar surface area (TPSA) is 26.1 Å². The van der Waals surface area contributed by atoms with Crippen molar-refractivity contribution in [3.05, 3.63) is 30.3 Å². The van der Waals surface area contributed by atoms with Gasteiger partial charge in [0.15, 0.2) is 0 Å². The molecule has 2 nitrogen and oxygen atoms in total. The van der Waals surface area contributed by atoms with Crippen LogP contribution in [0.1, 0.15) is 0 Å². The Hall–Kier alpha value is -1.02. The lowest BCUT2D eigenvalue weighted by Crippen LogP contribution is -2.05. The number of nitrogens with one attached hydrogen (secondary N) is 1. The van der Waals surface area contributed by atoms with Crippen LogP contribution in [0.25, 0.3) is 0 Å². The quantitative estimate of drug-likeness (QED) is 0.585. The summed E-state index contributed by atoms with van der Waals surface area (Å²) in [6.07, 6.45) is 0. The van der Waals surface area contributed by atoms with Gasteiger partial charge in [0.05, 0.1) is 5.69 Å². The van der Waals surface area contributed by atoms with Crippen molar-refractivity contribution < 1.29 is 0 Å². The molecule has 0 aliphatic rings. The molecule has 2 heteroatoms. The van der Waals surface area contributed by atoms with Gasteiger partial charge in [-0.3, -0.25) is 0 Å². The van der Waals surface area contributed by atoms with Gasteiger partial charge in [0.25, 0.3) is 0 Å². The van der Waals surface area contributed by atoms with E-state index in [9.17, 15) is 0 Å². The van der Waals surface area contributed by atoms with Gasteiger partial charge in [-0.2, -0.15) is 0 Å². The molecule has 0 aliphatic carbocycles. The normalized spacial score (nSPS) is 9.00. The smallest absolute Gasteiger partial charge is 0.0504 e. The van der Waals surface area contributed by atoms with Crippen LogP contribution in [0.2, 0.25) is 0 Å². The molecule has 1 radical (unpaired) electrons. The summed E-state index contributed by atoms with van der Waals surface area (Å²) in [4.78, 5) is 0. The van der Waals surface area contributed by atoms with Crippen molar-refractivity contribution in [3.8, 4) is 0 Å². The summed E-state index contributed by atoms with van der Waals surface area (Å²) in [5.41, 5.74) is 7.62. The van der Waals surface area contributed by atoms with E-state index >= 15 is 0 Å². The largest absolute Gasteiger partial charge is 0.304 e. The molecule has 0 aromatic heterocycles. The van der Waals surface area contributed by atoms with Crippen molar-refractivity contribution in [1.29, 1.82) is 0 Å². The summed E-state index contributed by atoms with van der Waals surface area (Å²) in [5, 5.41) is 0. The monoisotopic (exact) mass is 121 g/mol. The van der Waals surface area contributed by atoms with Crippen molar-refractivity contribution in [2.75, 3.05) is 12.5 Å². The van der Waals surface area contributed by atoms with E-state index in [1.807, 2.05) is 30.3 Å². The van der Waals surface area contributed by atoms with E-state index in [0.29, 0.717) is 0 Å². The molecule has 1 rings (SSSR count). The second kappa shape index (κ2) is 3.10. The van der Waals surface area contributed by atoms with E-state index < -0.39 is 0 Å². The van der Waals surface area contributed by atoms with Gasteiger partial charge in [0.2, 0.25) is 0 Å². The molecule has 0 saturated carbocycles. The molecule has 0 fully saturated rings. The Morgan fingerprint density at radius 3 is 2.44 bits per heavy atom. The summed E-state index contributed by atoms with van der Waals surface area (Å²) in [5.74, 6) is 0. The third-order valence-corrected chi connectivity index (χ3v) is 1.01. The third-order valence-electron chi connectivity index (χ3n) is 1.01. The number of rotatable bonds is 2. The molecule has 1 N–H and O–H groups in total. The number of benzene rings is 1. The molecule has 1 aromatic rings. The van der Waals surface area contributed by atoms with Crippen LogP contribution in [0.3, 0.4) is 0 Å². The lowest BCUT2D eigenvalue weighted by molar-refractivity contribution is 0.962. The van der Waals surface area contributed by atoms with E-state index in [1.54, 1.807) is 7.05 Å². The van der Waals surface area contributed by atoms with Crippen LogP contribution in [-0.2, 0) is 0 Å². The van der Waals surface area contributed by atoms with Crippen LogP contribution >= 0.6 is 0 Å². The van der Waals surface area contributed by atoms with Crippen molar-refractivity contribution in [2.45, 2.75) is 0 Å². The number of hydrogen-bond acceptors (Lipinski definition) is 1. The lowest BCUT2D eigenvalue weighted by atomic mass is 10.3. The van der Waals surface area contributed by atoms with Crippen LogP contribution in [0.5, 0.6) is 0 Å². The minimum Gasteiger partial charge on any atom is -0.304 e. The van der Waals surface area contributed by atoms with Crippen LogP contribution in [0.15, 0.2) is 30.3 Å². The summed E-state index contributed by atoms with van der Waals surface area (Å²) < 4.78 is 0. The first-order chi connectivity index (χ1) is 4.43. The third kappa shape index (κ3) is 1.74. The Balaban J connectivity index is 2.61. The Morgan fingerprint density at radius 2 is 1.89 bits per heavy atom. The highest BCUT2D eigenvalue weighted by atomic mass is 15.3. The van der Waals surface area contributed by atoms with Crippen molar-refractivity contribution >= 4 is 5.69 Å². The van der Waals surface area contributed by atoms with Gasteiger partial charge >= 0.3 is 0 Å². The summed E-state index contributed by atoms with van der Waals surface area (Å²) >= 11 is 0. The highest BCUT2D eigenvalue weighted by Crippen LogP contribution is 2.01. The van der Waals surface area contributed by atoms with Crippen LogP contribution < -0.4 is 10.9 Å². The molecule has 9 heavy (non-hydrogen) atoms. The van der Waals surface area contributed by atoms with Gasteiger partial charge in [0, 0.05) is 7.05 Å². The SMILES string of the molecule is C[N]Nc1ccccc1. The summed E-state index contributed by atoms with van der Waals surface area (Å²) in [6.45, 7) is 0. The van der Waals surface area contributed by atoms with Gasteiger partial charge in [0.1, 0.15) is 0 Å². The zero-order chi connectivity index (χ0) is 6.53. The second-order valence-electron chi connectivity index (χ2n) is 1.70. The summed E-state index contributed by atoms with van der Waals surface area (Å²) in [6, 6.07) is 9.84. The van der Waals surface area contributed by atoms with E-state index in [1.165, 1.54) is 0 Å². The minimum atomic E-state index is 1.03. The predicted molar refractivity (Wildman–Crippen MR) is 38.1 cm³/mol. The molecule has 0 heterocycles. The Morgan fingerprint density at radius 1 is 1.22 bits per heavy atom. The maximum absolute atomic E-state index is 3.76. The molecule has 0 aliphatic heterocycles. The van der Waals surface area contributed by atoms with Crippen molar-refractivity contribution in [1.82, 2.24) is 5.43 Å². The van der Waals surface area contributed by atoms with E-state index in [2.05, 4.69) is 10.9 Å². The maximum atomic E-state index is 3.76. The molecular weight excluding hydrogens is 112 g/mol. The highest BCUT2D eigenvalue weighted by Gasteiger charge is 1.82. The van der Waals surface area contributed by atoms with Gasteiger partial charge in [-0.25, -0.2) is 0 Å². The van der Waals surface area contributed by atoms with Gasteiger partial charge in [-0.1, -0.05) is 18.2 Å². The molecule has 0 saturated heterocycles. The molecule has 47 valence electrons. The Bertz CT molecular complexity index is 160. The fourth-order valence-corrected chi connectivity index (χ4v) is 0.642. The number of hydrogen-bond donors (Lipinski definition) is 1. The maximum Gasteiger partial charge on any atom is 0.0504 e. The number of nitrogens with zero attached hydrogens (tertiary/aromatic N) is 1. The lowest BCUT2D eigenvalue weighted by Gasteiger charge is -1.98. The predicted octanol–water partition coefficient (Wildman–Crippen LogP) is 1.25. The van der Waals surface area contributed by atoms with Crippen molar-refractivity contribution in [3.63, 3.8) is 0 Å². The van der Waals surface area contributed by atoms with E-state index in [4.69, 9.17) is 0 Å². The van der Waals surface area contributed by atoms with Gasteiger partial charge in [-0.15, -0.1) is 5.43 Å². The molecule has 1 aromatic carbocycles. The zero-order valence-electron chi connectivity index (χ0n) is 5.33. The minimum absolute atomic E-state index is 1.03. The van der Waals surface area contributed by atoms with Gasteiger partial charge < -0.3 is 5.43 Å². The first-order valence-corrected chi connectivity index (χ1v) is 2.83. The fraction of sp³-hybridized carbons (Fsp3) is 0.143. The molecule has 0 unspecified atom stereocenters. The molecule has 0 atom stereocenters. The first kappa shape index (κ1) is 6.11. The zero-order valence-corrected chi connectivity index (χ0v) is 5.33. The molecule has 0 bridgehead atoms.